The number of esters is 2. The van der Waals surface area contributed by atoms with Gasteiger partial charge in [-0.2, -0.15) is 0 Å². The van der Waals surface area contributed by atoms with Crippen LogP contribution in [0.1, 0.15) is 12.5 Å². The molecule has 2 aromatic carbocycles. The summed E-state index contributed by atoms with van der Waals surface area (Å²) in [7, 11) is 1.55. The van der Waals surface area contributed by atoms with Gasteiger partial charge in [-0.15, -0.1) is 0 Å². The zero-order chi connectivity index (χ0) is 16.8. The van der Waals surface area contributed by atoms with Crippen molar-refractivity contribution in [2.24, 2.45) is 5.92 Å². The summed E-state index contributed by atoms with van der Waals surface area (Å²) in [5.74, 6) is -0.981. The summed E-state index contributed by atoms with van der Waals surface area (Å²) < 4.78 is 15.3. The number of carbonyl (C=O) groups is 2. The number of methoxy groups -OCH3 is 1. The molecule has 0 aliphatic carbocycles. The Balaban J connectivity index is 1.94. The first-order chi connectivity index (χ1) is 11.0. The van der Waals surface area contributed by atoms with E-state index in [1.165, 1.54) is 6.92 Å². The highest BCUT2D eigenvalue weighted by Crippen LogP contribution is 2.19. The lowest BCUT2D eigenvalue weighted by Gasteiger charge is -2.11. The highest BCUT2D eigenvalue weighted by atomic mass is 16.6. The molecule has 1 unspecified atom stereocenters. The molecule has 0 spiro atoms. The highest BCUT2D eigenvalue weighted by molar-refractivity contribution is 5.96. The first-order valence-corrected chi connectivity index (χ1v) is 7.13. The summed E-state index contributed by atoms with van der Waals surface area (Å²) in [4.78, 5) is 24.0. The summed E-state index contributed by atoms with van der Waals surface area (Å²) in [6.45, 7) is 3.38. The molecule has 2 aromatic rings. The van der Waals surface area contributed by atoms with Crippen molar-refractivity contribution in [2.75, 3.05) is 7.11 Å². The predicted molar refractivity (Wildman–Crippen MR) is 84.6 cm³/mol. The molecule has 120 valence electrons. The zero-order valence-corrected chi connectivity index (χ0v) is 13.2. The number of aryl methyl sites for hydroxylation is 1. The van der Waals surface area contributed by atoms with Gasteiger partial charge in [0.25, 0.3) is 0 Å². The Hall–Kier alpha value is -2.82. The standard InChI is InChI=1S/C18H18O5/c1-12-4-6-15(7-5-12)22-17(19)13(2)18(20)23-16-10-8-14(21-3)9-11-16/h4-11,13H,1-3H3. The third-order valence-corrected chi connectivity index (χ3v) is 3.22. The Kier molecular flexibility index (Phi) is 5.36. The normalized spacial score (nSPS) is 11.4. The van der Waals surface area contributed by atoms with E-state index in [0.29, 0.717) is 17.2 Å². The molecule has 2 rings (SSSR count). The minimum atomic E-state index is -1.03. The number of hydrogen-bond acceptors (Lipinski definition) is 5. The second kappa shape index (κ2) is 7.45. The molecule has 0 fully saturated rings. The van der Waals surface area contributed by atoms with Crippen molar-refractivity contribution in [2.45, 2.75) is 13.8 Å². The summed E-state index contributed by atoms with van der Waals surface area (Å²) in [6, 6.07) is 13.5. The average Bonchev–Trinajstić information content (AvgIpc) is 2.56. The van der Waals surface area contributed by atoms with Gasteiger partial charge in [0.1, 0.15) is 17.2 Å². The molecule has 0 aliphatic heterocycles. The summed E-state index contributed by atoms with van der Waals surface area (Å²) in [5, 5.41) is 0. The summed E-state index contributed by atoms with van der Waals surface area (Å²) in [5.41, 5.74) is 1.05. The van der Waals surface area contributed by atoms with Gasteiger partial charge >= 0.3 is 11.9 Å². The van der Waals surface area contributed by atoms with Crippen LogP contribution in [0.2, 0.25) is 0 Å². The molecule has 5 heteroatoms. The number of carbonyl (C=O) groups excluding carboxylic acids is 2. The first-order valence-electron chi connectivity index (χ1n) is 7.13. The van der Waals surface area contributed by atoms with Crippen LogP contribution in [0.3, 0.4) is 0 Å². The molecule has 1 atom stereocenters. The van der Waals surface area contributed by atoms with Crippen molar-refractivity contribution in [3.05, 3.63) is 54.1 Å². The minimum absolute atomic E-state index is 0.339. The number of hydrogen-bond donors (Lipinski definition) is 0. The second-order valence-corrected chi connectivity index (χ2v) is 5.05. The smallest absolute Gasteiger partial charge is 0.325 e. The van der Waals surface area contributed by atoms with E-state index >= 15 is 0 Å². The molecule has 0 bridgehead atoms. The number of benzene rings is 2. The lowest BCUT2D eigenvalue weighted by Crippen LogP contribution is -2.29. The molecule has 0 N–H and O–H groups in total. The number of rotatable bonds is 5. The van der Waals surface area contributed by atoms with Crippen LogP contribution in [0.5, 0.6) is 17.2 Å². The van der Waals surface area contributed by atoms with Gasteiger partial charge in [-0.25, -0.2) is 0 Å². The first kappa shape index (κ1) is 16.5. The molecular weight excluding hydrogens is 296 g/mol. The maximum absolute atomic E-state index is 12.0. The van der Waals surface area contributed by atoms with Crippen LogP contribution in [-0.2, 0) is 9.59 Å². The topological polar surface area (TPSA) is 61.8 Å². The Bertz CT molecular complexity index is 674. The van der Waals surface area contributed by atoms with Crippen molar-refractivity contribution >= 4 is 11.9 Å². The van der Waals surface area contributed by atoms with Crippen LogP contribution in [0.15, 0.2) is 48.5 Å². The van der Waals surface area contributed by atoms with E-state index < -0.39 is 17.9 Å². The molecule has 0 aliphatic rings. The van der Waals surface area contributed by atoms with Gasteiger partial charge in [-0.05, 0) is 50.2 Å². The minimum Gasteiger partial charge on any atom is -0.497 e. The number of ether oxygens (including phenoxy) is 3. The maximum Gasteiger partial charge on any atom is 0.325 e. The van der Waals surface area contributed by atoms with E-state index in [2.05, 4.69) is 0 Å². The van der Waals surface area contributed by atoms with E-state index in [1.807, 2.05) is 19.1 Å². The fourth-order valence-corrected chi connectivity index (χ4v) is 1.76. The van der Waals surface area contributed by atoms with Crippen molar-refractivity contribution in [1.82, 2.24) is 0 Å². The van der Waals surface area contributed by atoms with Crippen LogP contribution in [0.25, 0.3) is 0 Å². The SMILES string of the molecule is COc1ccc(OC(=O)C(C)C(=O)Oc2ccc(C)cc2)cc1. The molecular formula is C18H18O5. The van der Waals surface area contributed by atoms with E-state index in [4.69, 9.17) is 14.2 Å². The van der Waals surface area contributed by atoms with Crippen molar-refractivity contribution in [3.8, 4) is 17.2 Å². The van der Waals surface area contributed by atoms with E-state index in [9.17, 15) is 9.59 Å². The fourth-order valence-electron chi connectivity index (χ4n) is 1.76. The zero-order valence-electron chi connectivity index (χ0n) is 13.2. The van der Waals surface area contributed by atoms with Crippen LogP contribution >= 0.6 is 0 Å². The van der Waals surface area contributed by atoms with Gasteiger partial charge in [-0.1, -0.05) is 17.7 Å². The highest BCUT2D eigenvalue weighted by Gasteiger charge is 2.25. The van der Waals surface area contributed by atoms with Gasteiger partial charge in [0.05, 0.1) is 7.11 Å². The molecule has 0 saturated carbocycles. The molecule has 0 aromatic heterocycles. The van der Waals surface area contributed by atoms with Crippen molar-refractivity contribution in [1.29, 1.82) is 0 Å². The van der Waals surface area contributed by atoms with Gasteiger partial charge < -0.3 is 14.2 Å². The van der Waals surface area contributed by atoms with Gasteiger partial charge in [0.2, 0.25) is 0 Å². The third-order valence-electron chi connectivity index (χ3n) is 3.22. The average molecular weight is 314 g/mol. The Morgan fingerprint density at radius 3 is 1.61 bits per heavy atom. The van der Waals surface area contributed by atoms with Crippen LogP contribution in [0, 0.1) is 12.8 Å². The molecule has 0 heterocycles. The molecule has 0 saturated heterocycles. The lowest BCUT2D eigenvalue weighted by atomic mass is 10.2. The second-order valence-electron chi connectivity index (χ2n) is 5.05. The van der Waals surface area contributed by atoms with E-state index in [-0.39, 0.29) is 0 Å². The fraction of sp³-hybridized carbons (Fsp3) is 0.222. The quantitative estimate of drug-likeness (QED) is 0.482. The van der Waals surface area contributed by atoms with Gasteiger partial charge in [0, 0.05) is 0 Å². The van der Waals surface area contributed by atoms with Crippen molar-refractivity contribution < 1.29 is 23.8 Å². The van der Waals surface area contributed by atoms with Gasteiger partial charge in [0.15, 0.2) is 5.92 Å². The van der Waals surface area contributed by atoms with Crippen molar-refractivity contribution in [3.63, 3.8) is 0 Å². The molecule has 0 radical (unpaired) electrons. The summed E-state index contributed by atoms with van der Waals surface area (Å²) in [6.07, 6.45) is 0. The Labute approximate surface area is 134 Å². The monoisotopic (exact) mass is 314 g/mol. The molecule has 23 heavy (non-hydrogen) atoms. The Morgan fingerprint density at radius 1 is 0.783 bits per heavy atom. The molecule has 0 amide bonds. The Morgan fingerprint density at radius 2 is 1.17 bits per heavy atom. The predicted octanol–water partition coefficient (Wildman–Crippen LogP) is 3.15. The summed E-state index contributed by atoms with van der Waals surface area (Å²) >= 11 is 0. The van der Waals surface area contributed by atoms with Crippen LogP contribution < -0.4 is 14.2 Å². The third kappa shape index (κ3) is 4.57. The van der Waals surface area contributed by atoms with E-state index in [0.717, 1.165) is 5.56 Å². The molecule has 5 nitrogen and oxygen atoms in total. The van der Waals surface area contributed by atoms with E-state index in [1.54, 1.807) is 43.5 Å². The lowest BCUT2D eigenvalue weighted by molar-refractivity contribution is -0.150. The largest absolute Gasteiger partial charge is 0.497 e. The maximum atomic E-state index is 12.0. The van der Waals surface area contributed by atoms with Crippen LogP contribution in [0.4, 0.5) is 0 Å². The van der Waals surface area contributed by atoms with Crippen LogP contribution in [-0.4, -0.2) is 19.0 Å². The van der Waals surface area contributed by atoms with Gasteiger partial charge in [-0.3, -0.25) is 9.59 Å².